The molecule has 0 bridgehead atoms. The molecule has 0 unspecified atom stereocenters. The molecule has 0 saturated carbocycles. The highest BCUT2D eigenvalue weighted by molar-refractivity contribution is 14.1. The quantitative estimate of drug-likeness (QED) is 0.575. The van der Waals surface area contributed by atoms with Crippen molar-refractivity contribution >= 4 is 66.6 Å². The Balaban J connectivity index is 2.83. The van der Waals surface area contributed by atoms with E-state index < -0.39 is 0 Å². The van der Waals surface area contributed by atoms with E-state index in [2.05, 4.69) is 70.3 Å². The summed E-state index contributed by atoms with van der Waals surface area (Å²) in [5.41, 5.74) is 0. The zero-order chi connectivity index (χ0) is 8.72. The number of halogens is 2. The van der Waals surface area contributed by atoms with Crippen molar-refractivity contribution < 1.29 is 0 Å². The first-order valence-electron chi connectivity index (χ1n) is 3.52. The zero-order valence-corrected chi connectivity index (χ0v) is 11.5. The van der Waals surface area contributed by atoms with E-state index in [4.69, 9.17) is 0 Å². The van der Waals surface area contributed by atoms with Gasteiger partial charge in [-0.05, 0) is 75.7 Å². The summed E-state index contributed by atoms with van der Waals surface area (Å²) >= 11 is 6.63. The molecule has 0 aliphatic carbocycles. The molecule has 0 fully saturated rings. The molecule has 0 aliphatic rings. The van der Waals surface area contributed by atoms with Crippen molar-refractivity contribution in [2.45, 2.75) is 6.92 Å². The van der Waals surface area contributed by atoms with Crippen molar-refractivity contribution in [3.05, 3.63) is 30.2 Å². The second-order valence-electron chi connectivity index (χ2n) is 2.66. The maximum Gasteiger partial charge on any atom is 0.0356 e. The van der Waals surface area contributed by atoms with Gasteiger partial charge in [0.15, 0.2) is 0 Å². The normalized spacial score (nSPS) is 10.9. The second-order valence-corrected chi connectivity index (χ2v) is 6.27. The summed E-state index contributed by atoms with van der Waals surface area (Å²) in [5.74, 6) is 0. The van der Waals surface area contributed by atoms with Crippen LogP contribution in [0.5, 0.6) is 0 Å². The highest BCUT2D eigenvalue weighted by Gasteiger charge is 2.02. The van der Waals surface area contributed by atoms with Crippen molar-refractivity contribution in [3.63, 3.8) is 0 Å². The minimum atomic E-state index is 1.35. The fraction of sp³-hybridized carbons (Fsp3) is 0.111. The summed E-state index contributed by atoms with van der Waals surface area (Å²) in [7, 11) is 0. The fourth-order valence-corrected chi connectivity index (χ4v) is 3.28. The van der Waals surface area contributed by atoms with Gasteiger partial charge in [0.2, 0.25) is 0 Å². The van der Waals surface area contributed by atoms with Crippen molar-refractivity contribution in [1.29, 1.82) is 0 Å². The van der Waals surface area contributed by atoms with E-state index in [1.165, 1.54) is 22.1 Å². The van der Waals surface area contributed by atoms with Gasteiger partial charge in [0.25, 0.3) is 0 Å². The molecule has 0 nitrogen and oxygen atoms in total. The lowest BCUT2D eigenvalue weighted by atomic mass is 10.2. The van der Waals surface area contributed by atoms with Crippen LogP contribution in [-0.4, -0.2) is 0 Å². The van der Waals surface area contributed by atoms with Crippen LogP contribution >= 0.6 is 56.5 Å². The van der Waals surface area contributed by atoms with Crippen LogP contribution in [0, 0.1) is 14.1 Å². The van der Waals surface area contributed by atoms with Crippen LogP contribution in [-0.2, 0) is 0 Å². The summed E-state index contributed by atoms with van der Waals surface area (Å²) in [5, 5.41) is 1.38. The smallest absolute Gasteiger partial charge is 0.0356 e. The Morgan fingerprint density at radius 3 is 2.50 bits per heavy atom. The van der Waals surface area contributed by atoms with Crippen LogP contribution < -0.4 is 0 Å². The van der Waals surface area contributed by atoms with Gasteiger partial charge < -0.3 is 0 Å². The molecule has 0 radical (unpaired) electrons. The van der Waals surface area contributed by atoms with E-state index in [1.54, 1.807) is 0 Å². The van der Waals surface area contributed by atoms with Gasteiger partial charge in [-0.15, -0.1) is 11.3 Å². The Kier molecular flexibility index (Phi) is 2.62. The topological polar surface area (TPSA) is 0 Å². The largest absolute Gasteiger partial charge is 0.141 e. The van der Waals surface area contributed by atoms with Crippen LogP contribution in [0.2, 0.25) is 0 Å². The average Bonchev–Trinajstić information content (AvgIpc) is 2.30. The summed E-state index contributed by atoms with van der Waals surface area (Å²) in [6.07, 6.45) is 0. The Morgan fingerprint density at radius 1 is 1.08 bits per heavy atom. The highest BCUT2D eigenvalue weighted by Crippen LogP contribution is 2.29. The van der Waals surface area contributed by atoms with Crippen molar-refractivity contribution in [1.82, 2.24) is 0 Å². The number of hydrogen-bond acceptors (Lipinski definition) is 1. The number of benzene rings is 1. The van der Waals surface area contributed by atoms with E-state index in [9.17, 15) is 0 Å². The van der Waals surface area contributed by atoms with Gasteiger partial charge in [0, 0.05) is 16.7 Å². The molecule has 0 N–H and O–H groups in total. The highest BCUT2D eigenvalue weighted by atomic mass is 127. The third-order valence-corrected chi connectivity index (χ3v) is 5.51. The van der Waals surface area contributed by atoms with E-state index in [0.717, 1.165) is 0 Å². The summed E-state index contributed by atoms with van der Waals surface area (Å²) < 4.78 is 4.10. The molecule has 12 heavy (non-hydrogen) atoms. The van der Waals surface area contributed by atoms with E-state index >= 15 is 0 Å². The predicted molar refractivity (Wildman–Crippen MR) is 72.0 cm³/mol. The Morgan fingerprint density at radius 2 is 1.75 bits per heavy atom. The number of fused-ring (bicyclic) bond motifs is 1. The lowest BCUT2D eigenvalue weighted by molar-refractivity contribution is 1.64. The van der Waals surface area contributed by atoms with Crippen LogP contribution in [0.15, 0.2) is 18.2 Å². The number of rotatable bonds is 0. The number of hydrogen-bond donors (Lipinski definition) is 0. The minimum absolute atomic E-state index is 1.35. The molecule has 1 aromatic heterocycles. The molecular weight excluding hydrogens is 394 g/mol. The molecule has 3 heteroatoms. The Labute approximate surface area is 103 Å². The molecule has 1 heterocycles. The fourth-order valence-electron chi connectivity index (χ4n) is 1.17. The van der Waals surface area contributed by atoms with Crippen molar-refractivity contribution in [2.75, 3.05) is 0 Å². The Hall–Kier alpha value is 0.640. The lowest BCUT2D eigenvalue weighted by Gasteiger charge is -1.94. The third-order valence-electron chi connectivity index (χ3n) is 1.68. The minimum Gasteiger partial charge on any atom is -0.141 e. The Bertz CT molecular complexity index is 392. The first-order valence-corrected chi connectivity index (χ1v) is 6.49. The van der Waals surface area contributed by atoms with Crippen LogP contribution in [0.25, 0.3) is 10.1 Å². The standard InChI is InChI=1S/C9H6I2S/c1-5-2-6-3-7(10)8(11)4-9(6)12-5/h2-4H,1H3. The first-order chi connectivity index (χ1) is 5.66. The van der Waals surface area contributed by atoms with Crippen LogP contribution in [0.4, 0.5) is 0 Å². The average molecular weight is 400 g/mol. The monoisotopic (exact) mass is 400 g/mol. The maximum absolute atomic E-state index is 2.38. The first kappa shape index (κ1) is 9.21. The molecule has 0 atom stereocenters. The molecule has 0 aliphatic heterocycles. The van der Waals surface area contributed by atoms with Crippen molar-refractivity contribution in [3.8, 4) is 0 Å². The molecular formula is C9H6I2S. The van der Waals surface area contributed by atoms with Gasteiger partial charge in [0.1, 0.15) is 0 Å². The lowest BCUT2D eigenvalue weighted by Crippen LogP contribution is -1.76. The van der Waals surface area contributed by atoms with Crippen LogP contribution in [0.3, 0.4) is 0 Å². The van der Waals surface area contributed by atoms with E-state index in [-0.39, 0.29) is 0 Å². The van der Waals surface area contributed by atoms with Gasteiger partial charge in [-0.25, -0.2) is 0 Å². The molecule has 0 spiro atoms. The number of aryl methyl sites for hydroxylation is 1. The zero-order valence-electron chi connectivity index (χ0n) is 6.40. The SMILES string of the molecule is Cc1cc2cc(I)c(I)cc2s1. The summed E-state index contributed by atoms with van der Waals surface area (Å²) in [4.78, 5) is 1.39. The summed E-state index contributed by atoms with van der Waals surface area (Å²) in [6.45, 7) is 2.16. The maximum atomic E-state index is 2.38. The van der Waals surface area contributed by atoms with E-state index in [0.29, 0.717) is 0 Å². The van der Waals surface area contributed by atoms with Gasteiger partial charge in [-0.3, -0.25) is 0 Å². The predicted octanol–water partition coefficient (Wildman–Crippen LogP) is 4.42. The van der Waals surface area contributed by atoms with Crippen molar-refractivity contribution in [2.24, 2.45) is 0 Å². The van der Waals surface area contributed by atoms with Gasteiger partial charge in [0.05, 0.1) is 0 Å². The van der Waals surface area contributed by atoms with Crippen LogP contribution in [0.1, 0.15) is 4.88 Å². The molecule has 2 rings (SSSR count). The molecule has 2 aromatic rings. The number of thiophene rings is 1. The molecule has 62 valence electrons. The van der Waals surface area contributed by atoms with Gasteiger partial charge in [-0.2, -0.15) is 0 Å². The van der Waals surface area contributed by atoms with Gasteiger partial charge in [-0.1, -0.05) is 0 Å². The molecule has 0 amide bonds. The summed E-state index contributed by atoms with van der Waals surface area (Å²) in [6, 6.07) is 6.76. The van der Waals surface area contributed by atoms with E-state index in [1.807, 2.05) is 11.3 Å². The molecule has 0 saturated heterocycles. The molecule has 1 aromatic carbocycles. The second kappa shape index (κ2) is 3.42. The van der Waals surface area contributed by atoms with Gasteiger partial charge >= 0.3 is 0 Å². The third kappa shape index (κ3) is 1.63.